The predicted octanol–water partition coefficient (Wildman–Crippen LogP) is 3.94. The van der Waals surface area contributed by atoms with Crippen LogP contribution in [0.25, 0.3) is 0 Å². The molecule has 0 spiro atoms. The highest BCUT2D eigenvalue weighted by Gasteiger charge is 2.08. The van der Waals surface area contributed by atoms with Gasteiger partial charge in [0.25, 0.3) is 0 Å². The van der Waals surface area contributed by atoms with Crippen LogP contribution in [0.3, 0.4) is 0 Å². The molecule has 0 unspecified atom stereocenters. The number of ether oxygens (including phenoxy) is 1. The number of nitrogens with one attached hydrogen (secondary N) is 1. The summed E-state index contributed by atoms with van der Waals surface area (Å²) >= 11 is 1.52. The standard InChI is InChI=1S/C20H22N4O2S/c1-3-26-18-7-5-4-6-15(18)8-13-19(25)22-16-9-11-17(12-10-16)27-20-23-21-14-24(20)2/h4-7,9-12,14H,3,8,13H2,1-2H3,(H,22,25). The Bertz CT molecular complexity index is 893. The lowest BCUT2D eigenvalue weighted by molar-refractivity contribution is -0.116. The molecule has 0 aliphatic heterocycles. The first-order valence-corrected chi connectivity index (χ1v) is 9.60. The maximum atomic E-state index is 12.3. The summed E-state index contributed by atoms with van der Waals surface area (Å²) in [4.78, 5) is 13.3. The van der Waals surface area contributed by atoms with Gasteiger partial charge in [-0.05, 0) is 61.0 Å². The van der Waals surface area contributed by atoms with Crippen molar-refractivity contribution in [3.05, 3.63) is 60.4 Å². The molecule has 1 amide bonds. The van der Waals surface area contributed by atoms with Crippen molar-refractivity contribution in [2.75, 3.05) is 11.9 Å². The Morgan fingerprint density at radius 3 is 2.67 bits per heavy atom. The Kier molecular flexibility index (Phi) is 6.49. The Morgan fingerprint density at radius 1 is 1.19 bits per heavy atom. The summed E-state index contributed by atoms with van der Waals surface area (Å²) in [5.74, 6) is 0.827. The summed E-state index contributed by atoms with van der Waals surface area (Å²) in [6.07, 6.45) is 2.71. The fourth-order valence-electron chi connectivity index (χ4n) is 2.56. The SMILES string of the molecule is CCOc1ccccc1CCC(=O)Nc1ccc(Sc2nncn2C)cc1. The summed E-state index contributed by atoms with van der Waals surface area (Å²) in [6.45, 7) is 2.57. The third-order valence-corrected chi connectivity index (χ3v) is 4.97. The van der Waals surface area contributed by atoms with Gasteiger partial charge in [0.15, 0.2) is 5.16 Å². The van der Waals surface area contributed by atoms with E-state index in [9.17, 15) is 4.79 Å². The topological polar surface area (TPSA) is 69.0 Å². The van der Waals surface area contributed by atoms with Crippen LogP contribution >= 0.6 is 11.8 Å². The molecule has 7 heteroatoms. The van der Waals surface area contributed by atoms with Crippen molar-refractivity contribution >= 4 is 23.4 Å². The highest BCUT2D eigenvalue weighted by Crippen LogP contribution is 2.26. The lowest BCUT2D eigenvalue weighted by Gasteiger charge is -2.10. The molecule has 27 heavy (non-hydrogen) atoms. The van der Waals surface area contributed by atoms with Gasteiger partial charge in [-0.3, -0.25) is 4.79 Å². The lowest BCUT2D eigenvalue weighted by atomic mass is 10.1. The number of para-hydroxylation sites is 1. The van der Waals surface area contributed by atoms with Gasteiger partial charge in [0.2, 0.25) is 5.91 Å². The van der Waals surface area contributed by atoms with Gasteiger partial charge in [-0.25, -0.2) is 0 Å². The Labute approximate surface area is 163 Å². The van der Waals surface area contributed by atoms with E-state index in [1.165, 1.54) is 11.8 Å². The van der Waals surface area contributed by atoms with E-state index in [-0.39, 0.29) is 5.91 Å². The van der Waals surface area contributed by atoms with Gasteiger partial charge in [-0.1, -0.05) is 18.2 Å². The van der Waals surface area contributed by atoms with Gasteiger partial charge in [-0.2, -0.15) is 0 Å². The molecule has 1 heterocycles. The highest BCUT2D eigenvalue weighted by atomic mass is 32.2. The zero-order chi connectivity index (χ0) is 19.1. The van der Waals surface area contributed by atoms with E-state index in [4.69, 9.17) is 4.74 Å². The van der Waals surface area contributed by atoms with E-state index < -0.39 is 0 Å². The highest BCUT2D eigenvalue weighted by molar-refractivity contribution is 7.99. The monoisotopic (exact) mass is 382 g/mol. The molecule has 0 aliphatic rings. The van der Waals surface area contributed by atoms with Gasteiger partial charge in [-0.15, -0.1) is 10.2 Å². The van der Waals surface area contributed by atoms with Crippen molar-refractivity contribution in [2.45, 2.75) is 29.8 Å². The van der Waals surface area contributed by atoms with Crippen molar-refractivity contribution in [3.8, 4) is 5.75 Å². The van der Waals surface area contributed by atoms with Gasteiger partial charge in [0.1, 0.15) is 12.1 Å². The van der Waals surface area contributed by atoms with Gasteiger partial charge < -0.3 is 14.6 Å². The quantitative estimate of drug-likeness (QED) is 0.639. The van der Waals surface area contributed by atoms with E-state index in [1.807, 2.05) is 67.1 Å². The molecule has 1 aromatic heterocycles. The molecule has 1 N–H and O–H groups in total. The maximum absolute atomic E-state index is 12.3. The number of benzene rings is 2. The minimum absolute atomic E-state index is 0.0185. The molecule has 0 atom stereocenters. The van der Waals surface area contributed by atoms with E-state index in [0.29, 0.717) is 19.4 Å². The van der Waals surface area contributed by atoms with Gasteiger partial charge in [0, 0.05) is 24.1 Å². The number of anilines is 1. The molecule has 0 saturated heterocycles. The van der Waals surface area contributed by atoms with Crippen LogP contribution in [-0.2, 0) is 18.3 Å². The van der Waals surface area contributed by atoms with Gasteiger partial charge in [0.05, 0.1) is 6.61 Å². The first-order valence-electron chi connectivity index (χ1n) is 8.78. The van der Waals surface area contributed by atoms with Crippen LogP contribution in [0.2, 0.25) is 0 Å². The number of amides is 1. The number of aryl methyl sites for hydroxylation is 2. The Hall–Kier alpha value is -2.80. The van der Waals surface area contributed by atoms with Crippen LogP contribution in [0.15, 0.2) is 64.9 Å². The second kappa shape index (κ2) is 9.23. The van der Waals surface area contributed by atoms with Crippen LogP contribution in [0, 0.1) is 0 Å². The number of rotatable bonds is 8. The zero-order valence-corrected chi connectivity index (χ0v) is 16.2. The fourth-order valence-corrected chi connectivity index (χ4v) is 3.32. The third kappa shape index (κ3) is 5.34. The van der Waals surface area contributed by atoms with Crippen molar-refractivity contribution in [2.24, 2.45) is 7.05 Å². The molecule has 0 saturated carbocycles. The molecule has 0 fully saturated rings. The van der Waals surface area contributed by atoms with Crippen molar-refractivity contribution in [1.82, 2.24) is 14.8 Å². The molecule has 0 bridgehead atoms. The van der Waals surface area contributed by atoms with Crippen LogP contribution in [-0.4, -0.2) is 27.3 Å². The summed E-state index contributed by atoms with van der Waals surface area (Å²) in [7, 11) is 1.90. The minimum atomic E-state index is -0.0185. The fraction of sp³-hybridized carbons (Fsp3) is 0.250. The average molecular weight is 382 g/mol. The number of hydrogen-bond donors (Lipinski definition) is 1. The molecular formula is C20H22N4O2S. The molecule has 6 nitrogen and oxygen atoms in total. The van der Waals surface area contributed by atoms with E-state index in [0.717, 1.165) is 27.1 Å². The molecule has 0 radical (unpaired) electrons. The maximum Gasteiger partial charge on any atom is 0.224 e. The average Bonchev–Trinajstić information content (AvgIpc) is 3.07. The second-order valence-electron chi connectivity index (χ2n) is 5.94. The summed E-state index contributed by atoms with van der Waals surface area (Å²) in [5, 5.41) is 11.7. The zero-order valence-electron chi connectivity index (χ0n) is 15.4. The Balaban J connectivity index is 1.53. The first kappa shape index (κ1) is 19.0. The number of aromatic nitrogens is 3. The van der Waals surface area contributed by atoms with Crippen LogP contribution in [0.1, 0.15) is 18.9 Å². The lowest BCUT2D eigenvalue weighted by Crippen LogP contribution is -2.12. The summed E-state index contributed by atoms with van der Waals surface area (Å²) in [5.41, 5.74) is 1.82. The smallest absolute Gasteiger partial charge is 0.224 e. The molecule has 2 aromatic carbocycles. The molecular weight excluding hydrogens is 360 g/mol. The van der Waals surface area contributed by atoms with E-state index in [2.05, 4.69) is 15.5 Å². The summed E-state index contributed by atoms with van der Waals surface area (Å²) < 4.78 is 7.47. The van der Waals surface area contributed by atoms with Gasteiger partial charge >= 0.3 is 0 Å². The molecule has 3 aromatic rings. The largest absolute Gasteiger partial charge is 0.494 e. The predicted molar refractivity (Wildman–Crippen MR) is 106 cm³/mol. The van der Waals surface area contributed by atoms with Crippen molar-refractivity contribution in [3.63, 3.8) is 0 Å². The minimum Gasteiger partial charge on any atom is -0.494 e. The number of carbonyl (C=O) groups is 1. The van der Waals surface area contributed by atoms with Crippen LogP contribution < -0.4 is 10.1 Å². The first-order chi connectivity index (χ1) is 13.2. The van der Waals surface area contributed by atoms with E-state index in [1.54, 1.807) is 6.33 Å². The third-order valence-electron chi connectivity index (χ3n) is 3.91. The van der Waals surface area contributed by atoms with Crippen LogP contribution in [0.4, 0.5) is 5.69 Å². The molecule has 140 valence electrons. The van der Waals surface area contributed by atoms with Crippen molar-refractivity contribution < 1.29 is 9.53 Å². The molecule has 3 rings (SSSR count). The van der Waals surface area contributed by atoms with Crippen LogP contribution in [0.5, 0.6) is 5.75 Å². The second-order valence-corrected chi connectivity index (χ2v) is 6.98. The number of hydrogen-bond acceptors (Lipinski definition) is 5. The number of nitrogens with zero attached hydrogens (tertiary/aromatic N) is 3. The Morgan fingerprint density at radius 2 is 1.96 bits per heavy atom. The number of carbonyl (C=O) groups excluding carboxylic acids is 1. The van der Waals surface area contributed by atoms with Crippen molar-refractivity contribution in [1.29, 1.82) is 0 Å². The summed E-state index contributed by atoms with van der Waals surface area (Å²) in [6, 6.07) is 15.5. The van der Waals surface area contributed by atoms with E-state index >= 15 is 0 Å². The molecule has 0 aliphatic carbocycles. The normalized spacial score (nSPS) is 10.6.